The van der Waals surface area contributed by atoms with Gasteiger partial charge in [-0.05, 0) is 12.1 Å². The fourth-order valence-corrected chi connectivity index (χ4v) is 1.30. The van der Waals surface area contributed by atoms with Crippen LogP contribution in [0.3, 0.4) is 0 Å². The smallest absolute Gasteiger partial charge is 0.256 e. The molecule has 1 aromatic rings. The third-order valence-electron chi connectivity index (χ3n) is 1.96. The number of rotatable bonds is 3. The molecule has 0 atom stereocenters. The minimum Gasteiger partial charge on any atom is -0.395 e. The average molecular weight is 232 g/mol. The van der Waals surface area contributed by atoms with Crippen molar-refractivity contribution >= 4 is 17.5 Å². The molecule has 0 aliphatic heterocycles. The molecule has 0 radical (unpaired) electrons. The van der Waals surface area contributed by atoms with Crippen LogP contribution >= 0.6 is 11.6 Å². The van der Waals surface area contributed by atoms with Gasteiger partial charge in [-0.25, -0.2) is 4.39 Å². The van der Waals surface area contributed by atoms with E-state index in [-0.39, 0.29) is 23.7 Å². The zero-order valence-corrected chi connectivity index (χ0v) is 8.96. The van der Waals surface area contributed by atoms with Gasteiger partial charge in [-0.15, -0.1) is 0 Å². The van der Waals surface area contributed by atoms with Crippen molar-refractivity contribution in [2.24, 2.45) is 0 Å². The third kappa shape index (κ3) is 2.67. The van der Waals surface area contributed by atoms with Gasteiger partial charge < -0.3 is 10.0 Å². The van der Waals surface area contributed by atoms with Crippen LogP contribution in [-0.2, 0) is 0 Å². The quantitative estimate of drug-likeness (QED) is 0.858. The lowest BCUT2D eigenvalue weighted by molar-refractivity contribution is 0.0762. The van der Waals surface area contributed by atoms with Crippen LogP contribution < -0.4 is 0 Å². The van der Waals surface area contributed by atoms with Gasteiger partial charge in [0.25, 0.3) is 5.91 Å². The number of aliphatic hydroxyl groups is 1. The molecule has 0 bridgehead atoms. The normalized spacial score (nSPS) is 10.1. The minimum absolute atomic E-state index is 0.0848. The Morgan fingerprint density at radius 2 is 2.27 bits per heavy atom. The average Bonchev–Trinajstić information content (AvgIpc) is 2.21. The van der Waals surface area contributed by atoms with Gasteiger partial charge in [-0.2, -0.15) is 0 Å². The maximum atomic E-state index is 13.4. The van der Waals surface area contributed by atoms with Gasteiger partial charge in [0.15, 0.2) is 5.82 Å². The second kappa shape index (κ2) is 5.09. The Morgan fingerprint density at radius 3 is 2.87 bits per heavy atom. The Balaban J connectivity index is 2.96. The highest BCUT2D eigenvalue weighted by Crippen LogP contribution is 2.18. The summed E-state index contributed by atoms with van der Waals surface area (Å²) in [5.41, 5.74) is -0.0848. The molecule has 0 saturated carbocycles. The first kappa shape index (κ1) is 11.9. The van der Waals surface area contributed by atoms with Gasteiger partial charge >= 0.3 is 0 Å². The SMILES string of the molecule is CN(CCO)C(=O)c1cccc(Cl)c1F. The highest BCUT2D eigenvalue weighted by Gasteiger charge is 2.17. The van der Waals surface area contributed by atoms with Crippen LogP contribution in [0.25, 0.3) is 0 Å². The van der Waals surface area contributed by atoms with Gasteiger partial charge in [0.1, 0.15) is 0 Å². The van der Waals surface area contributed by atoms with E-state index in [4.69, 9.17) is 16.7 Å². The van der Waals surface area contributed by atoms with Crippen LogP contribution in [0.1, 0.15) is 10.4 Å². The molecule has 0 spiro atoms. The number of carbonyl (C=O) groups is 1. The van der Waals surface area contributed by atoms with E-state index in [1.165, 1.54) is 30.1 Å². The van der Waals surface area contributed by atoms with E-state index in [0.29, 0.717) is 0 Å². The molecule has 0 aliphatic carbocycles. The third-order valence-corrected chi connectivity index (χ3v) is 2.26. The maximum absolute atomic E-state index is 13.4. The molecule has 1 rings (SSSR count). The van der Waals surface area contributed by atoms with E-state index >= 15 is 0 Å². The fourth-order valence-electron chi connectivity index (χ4n) is 1.13. The van der Waals surface area contributed by atoms with E-state index in [0.717, 1.165) is 0 Å². The van der Waals surface area contributed by atoms with E-state index in [9.17, 15) is 9.18 Å². The van der Waals surface area contributed by atoms with Crippen molar-refractivity contribution in [3.05, 3.63) is 34.6 Å². The summed E-state index contributed by atoms with van der Waals surface area (Å²) in [6.07, 6.45) is 0. The van der Waals surface area contributed by atoms with Crippen LogP contribution in [0.2, 0.25) is 5.02 Å². The predicted octanol–water partition coefficient (Wildman–Crippen LogP) is 1.54. The molecule has 0 heterocycles. The van der Waals surface area contributed by atoms with E-state index < -0.39 is 11.7 Å². The number of halogens is 2. The van der Waals surface area contributed by atoms with Gasteiger partial charge in [0.2, 0.25) is 0 Å². The van der Waals surface area contributed by atoms with Crippen molar-refractivity contribution in [1.82, 2.24) is 4.90 Å². The van der Waals surface area contributed by atoms with Crippen molar-refractivity contribution < 1.29 is 14.3 Å². The van der Waals surface area contributed by atoms with Crippen molar-refractivity contribution in [2.45, 2.75) is 0 Å². The molecule has 0 fully saturated rings. The van der Waals surface area contributed by atoms with Crippen molar-refractivity contribution in [1.29, 1.82) is 0 Å². The van der Waals surface area contributed by atoms with Crippen molar-refractivity contribution in [3.8, 4) is 0 Å². The van der Waals surface area contributed by atoms with Gasteiger partial charge in [0, 0.05) is 13.6 Å². The van der Waals surface area contributed by atoms with E-state index in [1.807, 2.05) is 0 Å². The van der Waals surface area contributed by atoms with Crippen LogP contribution in [0.5, 0.6) is 0 Å². The van der Waals surface area contributed by atoms with Crippen LogP contribution in [-0.4, -0.2) is 36.1 Å². The highest BCUT2D eigenvalue weighted by atomic mass is 35.5. The Hall–Kier alpha value is -1.13. The molecule has 0 unspecified atom stereocenters. The molecule has 5 heteroatoms. The molecule has 0 aliphatic rings. The molecule has 82 valence electrons. The number of hydrogen-bond acceptors (Lipinski definition) is 2. The summed E-state index contributed by atoms with van der Waals surface area (Å²) < 4.78 is 13.4. The lowest BCUT2D eigenvalue weighted by atomic mass is 10.2. The zero-order chi connectivity index (χ0) is 11.4. The molecular weight excluding hydrogens is 221 g/mol. The monoisotopic (exact) mass is 231 g/mol. The minimum atomic E-state index is -0.728. The number of hydrogen-bond donors (Lipinski definition) is 1. The summed E-state index contributed by atoms with van der Waals surface area (Å²) in [4.78, 5) is 12.9. The lowest BCUT2D eigenvalue weighted by Gasteiger charge is -2.16. The first-order valence-electron chi connectivity index (χ1n) is 4.38. The van der Waals surface area contributed by atoms with E-state index in [2.05, 4.69) is 0 Å². The number of aliphatic hydroxyl groups excluding tert-OH is 1. The number of benzene rings is 1. The second-order valence-corrected chi connectivity index (χ2v) is 3.46. The Labute approximate surface area is 92.1 Å². The van der Waals surface area contributed by atoms with Crippen LogP contribution in [0.4, 0.5) is 4.39 Å². The summed E-state index contributed by atoms with van der Waals surface area (Å²) in [6, 6.07) is 4.24. The van der Waals surface area contributed by atoms with Crippen molar-refractivity contribution in [2.75, 3.05) is 20.2 Å². The first-order chi connectivity index (χ1) is 7.07. The molecular formula is C10H11ClFNO2. The van der Waals surface area contributed by atoms with Crippen LogP contribution in [0, 0.1) is 5.82 Å². The Bertz CT molecular complexity index is 370. The summed E-state index contributed by atoms with van der Waals surface area (Å²) >= 11 is 5.54. The molecule has 0 aromatic heterocycles. The van der Waals surface area contributed by atoms with Gasteiger partial charge in [-0.1, -0.05) is 17.7 Å². The molecule has 15 heavy (non-hydrogen) atoms. The largest absolute Gasteiger partial charge is 0.395 e. The molecule has 3 nitrogen and oxygen atoms in total. The molecule has 1 N–H and O–H groups in total. The Morgan fingerprint density at radius 1 is 1.60 bits per heavy atom. The van der Waals surface area contributed by atoms with Crippen LogP contribution in [0.15, 0.2) is 18.2 Å². The lowest BCUT2D eigenvalue weighted by Crippen LogP contribution is -2.30. The number of likely N-dealkylation sites (N-methyl/N-ethyl adjacent to an activating group) is 1. The number of amides is 1. The summed E-state index contributed by atoms with van der Waals surface area (Å²) in [5, 5.41) is 8.56. The van der Waals surface area contributed by atoms with Crippen molar-refractivity contribution in [3.63, 3.8) is 0 Å². The zero-order valence-electron chi connectivity index (χ0n) is 8.20. The summed E-state index contributed by atoms with van der Waals surface area (Å²) in [7, 11) is 1.49. The van der Waals surface area contributed by atoms with Gasteiger partial charge in [-0.3, -0.25) is 4.79 Å². The number of nitrogens with zero attached hydrogens (tertiary/aromatic N) is 1. The number of carbonyl (C=O) groups excluding carboxylic acids is 1. The molecule has 0 saturated heterocycles. The highest BCUT2D eigenvalue weighted by molar-refractivity contribution is 6.31. The Kier molecular flexibility index (Phi) is 4.05. The van der Waals surface area contributed by atoms with Gasteiger partial charge in [0.05, 0.1) is 17.2 Å². The standard InChI is InChI=1S/C10H11ClFNO2/c1-13(5-6-14)10(15)7-3-2-4-8(11)9(7)12/h2-4,14H,5-6H2,1H3. The second-order valence-electron chi connectivity index (χ2n) is 3.05. The molecule has 1 aromatic carbocycles. The molecule has 1 amide bonds. The predicted molar refractivity (Wildman–Crippen MR) is 55.5 cm³/mol. The summed E-state index contributed by atoms with van der Waals surface area (Å²) in [6.45, 7) is -0.00475. The fraction of sp³-hybridized carbons (Fsp3) is 0.300. The maximum Gasteiger partial charge on any atom is 0.256 e. The summed E-state index contributed by atoms with van der Waals surface area (Å²) in [5.74, 6) is -1.22. The first-order valence-corrected chi connectivity index (χ1v) is 4.76. The van der Waals surface area contributed by atoms with E-state index in [1.54, 1.807) is 0 Å². The topological polar surface area (TPSA) is 40.5 Å².